The molecule has 3 amide bonds. The molecule has 9 nitrogen and oxygen atoms in total. The molecular formula is C18H21N3O6. The molecule has 2 rings (SSSR count). The third-order valence-electron chi connectivity index (χ3n) is 3.51. The van der Waals surface area contributed by atoms with Gasteiger partial charge in [-0.25, -0.2) is 0 Å². The summed E-state index contributed by atoms with van der Waals surface area (Å²) in [4.78, 5) is 35.6. The SMILES string of the molecule is COc1cc(OC)cc(C(=O)NCC(=O)NCC(=O)NCc2ccco2)c1. The van der Waals surface area contributed by atoms with E-state index in [0.717, 1.165) is 0 Å². The lowest BCUT2D eigenvalue weighted by molar-refractivity contribution is -0.125. The summed E-state index contributed by atoms with van der Waals surface area (Å²) in [6, 6.07) is 8.12. The molecule has 0 unspecified atom stereocenters. The Hall–Kier alpha value is -3.49. The van der Waals surface area contributed by atoms with Crippen molar-refractivity contribution in [2.24, 2.45) is 0 Å². The summed E-state index contributed by atoms with van der Waals surface area (Å²) in [6.45, 7) is -0.248. The highest BCUT2D eigenvalue weighted by atomic mass is 16.5. The second-order valence-corrected chi connectivity index (χ2v) is 5.42. The normalized spacial score (nSPS) is 10.0. The Morgan fingerprint density at radius 1 is 0.926 bits per heavy atom. The van der Waals surface area contributed by atoms with Crippen LogP contribution in [0.4, 0.5) is 0 Å². The number of carbonyl (C=O) groups is 3. The highest BCUT2D eigenvalue weighted by molar-refractivity contribution is 5.97. The molecule has 0 aliphatic heterocycles. The van der Waals surface area contributed by atoms with E-state index in [4.69, 9.17) is 13.9 Å². The molecule has 144 valence electrons. The molecule has 0 spiro atoms. The maximum atomic E-state index is 12.2. The van der Waals surface area contributed by atoms with Gasteiger partial charge in [0, 0.05) is 11.6 Å². The lowest BCUT2D eigenvalue weighted by Gasteiger charge is -2.10. The van der Waals surface area contributed by atoms with E-state index < -0.39 is 11.8 Å². The number of hydrogen-bond donors (Lipinski definition) is 3. The van der Waals surface area contributed by atoms with E-state index in [9.17, 15) is 14.4 Å². The van der Waals surface area contributed by atoms with Crippen LogP contribution in [-0.2, 0) is 16.1 Å². The maximum absolute atomic E-state index is 12.2. The molecule has 9 heteroatoms. The molecule has 0 atom stereocenters. The molecule has 0 saturated carbocycles. The number of benzene rings is 1. The summed E-state index contributed by atoms with van der Waals surface area (Å²) in [6.07, 6.45) is 1.50. The van der Waals surface area contributed by atoms with Crippen molar-refractivity contribution in [3.05, 3.63) is 47.9 Å². The summed E-state index contributed by atoms with van der Waals surface area (Å²) in [5.41, 5.74) is 0.287. The van der Waals surface area contributed by atoms with Crippen molar-refractivity contribution in [1.82, 2.24) is 16.0 Å². The van der Waals surface area contributed by atoms with Crippen LogP contribution in [0.1, 0.15) is 16.1 Å². The zero-order chi connectivity index (χ0) is 19.6. The molecule has 2 aromatic rings. The average molecular weight is 375 g/mol. The number of amides is 3. The molecule has 0 saturated heterocycles. The van der Waals surface area contributed by atoms with Crippen molar-refractivity contribution in [1.29, 1.82) is 0 Å². The molecule has 0 radical (unpaired) electrons. The molecule has 3 N–H and O–H groups in total. The first kappa shape index (κ1) is 19.8. The van der Waals surface area contributed by atoms with Gasteiger partial charge >= 0.3 is 0 Å². The van der Waals surface area contributed by atoms with E-state index >= 15 is 0 Å². The number of ether oxygens (including phenoxy) is 2. The summed E-state index contributed by atoms with van der Waals surface area (Å²) in [5.74, 6) is 0.185. The van der Waals surface area contributed by atoms with Crippen LogP contribution >= 0.6 is 0 Å². The molecule has 0 fully saturated rings. The third kappa shape index (κ3) is 6.38. The van der Waals surface area contributed by atoms with E-state index in [0.29, 0.717) is 17.3 Å². The Morgan fingerprint density at radius 2 is 1.56 bits per heavy atom. The molecule has 1 aromatic carbocycles. The molecule has 1 aromatic heterocycles. The maximum Gasteiger partial charge on any atom is 0.251 e. The van der Waals surface area contributed by atoms with Crippen LogP contribution in [0.25, 0.3) is 0 Å². The van der Waals surface area contributed by atoms with E-state index in [1.165, 1.54) is 32.6 Å². The fourth-order valence-corrected chi connectivity index (χ4v) is 2.10. The zero-order valence-electron chi connectivity index (χ0n) is 15.0. The smallest absolute Gasteiger partial charge is 0.251 e. The monoisotopic (exact) mass is 375 g/mol. The zero-order valence-corrected chi connectivity index (χ0v) is 15.0. The molecule has 1 heterocycles. The second kappa shape index (κ2) is 9.85. The largest absolute Gasteiger partial charge is 0.497 e. The quantitative estimate of drug-likeness (QED) is 0.586. The van der Waals surface area contributed by atoms with Gasteiger partial charge in [0.1, 0.15) is 17.3 Å². The standard InChI is InChI=1S/C18H21N3O6/c1-25-14-6-12(7-15(8-14)26-2)18(24)21-11-17(23)20-10-16(22)19-9-13-4-3-5-27-13/h3-8H,9-11H2,1-2H3,(H,19,22)(H,20,23)(H,21,24). The number of carbonyl (C=O) groups excluding carboxylic acids is 3. The van der Waals surface area contributed by atoms with Gasteiger partial charge in [0.05, 0.1) is 40.1 Å². The highest BCUT2D eigenvalue weighted by Gasteiger charge is 2.12. The van der Waals surface area contributed by atoms with E-state index in [-0.39, 0.29) is 31.1 Å². The van der Waals surface area contributed by atoms with Gasteiger partial charge in [-0.1, -0.05) is 0 Å². The van der Waals surface area contributed by atoms with Gasteiger partial charge in [-0.05, 0) is 24.3 Å². The third-order valence-corrected chi connectivity index (χ3v) is 3.51. The molecular weight excluding hydrogens is 354 g/mol. The topological polar surface area (TPSA) is 119 Å². The Labute approximate surface area is 156 Å². The predicted octanol–water partition coefficient (Wildman–Crippen LogP) is 0.459. The van der Waals surface area contributed by atoms with Gasteiger partial charge < -0.3 is 29.8 Å². The lowest BCUT2D eigenvalue weighted by Crippen LogP contribution is -2.41. The Morgan fingerprint density at radius 3 is 2.15 bits per heavy atom. The Bertz CT molecular complexity index is 766. The number of furan rings is 1. The fraction of sp³-hybridized carbons (Fsp3) is 0.278. The minimum atomic E-state index is -0.494. The fourth-order valence-electron chi connectivity index (χ4n) is 2.10. The minimum absolute atomic E-state index is 0.206. The number of methoxy groups -OCH3 is 2. The van der Waals surface area contributed by atoms with Crippen molar-refractivity contribution < 1.29 is 28.3 Å². The Balaban J connectivity index is 1.74. The van der Waals surface area contributed by atoms with Crippen LogP contribution in [0, 0.1) is 0 Å². The van der Waals surface area contributed by atoms with Crippen molar-refractivity contribution in [2.45, 2.75) is 6.54 Å². The number of nitrogens with one attached hydrogen (secondary N) is 3. The summed E-state index contributed by atoms with van der Waals surface area (Å²) in [5, 5.41) is 7.48. The van der Waals surface area contributed by atoms with E-state index in [1.54, 1.807) is 18.2 Å². The van der Waals surface area contributed by atoms with Crippen LogP contribution in [0.2, 0.25) is 0 Å². The van der Waals surface area contributed by atoms with Crippen molar-refractivity contribution >= 4 is 17.7 Å². The van der Waals surface area contributed by atoms with Crippen LogP contribution in [0.5, 0.6) is 11.5 Å². The minimum Gasteiger partial charge on any atom is -0.497 e. The van der Waals surface area contributed by atoms with Gasteiger partial charge in [0.25, 0.3) is 5.91 Å². The first-order chi connectivity index (χ1) is 13.0. The van der Waals surface area contributed by atoms with Gasteiger partial charge in [-0.15, -0.1) is 0 Å². The van der Waals surface area contributed by atoms with Crippen LogP contribution in [0.15, 0.2) is 41.0 Å². The average Bonchev–Trinajstić information content (AvgIpc) is 3.21. The Kier molecular flexibility index (Phi) is 7.24. The van der Waals surface area contributed by atoms with Gasteiger partial charge in [-0.2, -0.15) is 0 Å². The van der Waals surface area contributed by atoms with Crippen molar-refractivity contribution in [3.8, 4) is 11.5 Å². The van der Waals surface area contributed by atoms with Crippen LogP contribution in [0.3, 0.4) is 0 Å². The van der Waals surface area contributed by atoms with Gasteiger partial charge in [0.15, 0.2) is 0 Å². The second-order valence-electron chi connectivity index (χ2n) is 5.42. The molecule has 0 aliphatic rings. The van der Waals surface area contributed by atoms with Gasteiger partial charge in [-0.3, -0.25) is 14.4 Å². The first-order valence-electron chi connectivity index (χ1n) is 8.09. The van der Waals surface area contributed by atoms with Crippen LogP contribution in [-0.4, -0.2) is 45.0 Å². The molecule has 0 bridgehead atoms. The van der Waals surface area contributed by atoms with Crippen LogP contribution < -0.4 is 25.4 Å². The highest BCUT2D eigenvalue weighted by Crippen LogP contribution is 2.22. The molecule has 0 aliphatic carbocycles. The van der Waals surface area contributed by atoms with Crippen molar-refractivity contribution in [2.75, 3.05) is 27.3 Å². The van der Waals surface area contributed by atoms with Crippen molar-refractivity contribution in [3.63, 3.8) is 0 Å². The number of hydrogen-bond acceptors (Lipinski definition) is 6. The first-order valence-corrected chi connectivity index (χ1v) is 8.09. The lowest BCUT2D eigenvalue weighted by atomic mass is 10.2. The van der Waals surface area contributed by atoms with E-state index in [2.05, 4.69) is 16.0 Å². The number of rotatable bonds is 9. The van der Waals surface area contributed by atoms with E-state index in [1.807, 2.05) is 0 Å². The summed E-state index contributed by atoms with van der Waals surface area (Å²) >= 11 is 0. The van der Waals surface area contributed by atoms with Gasteiger partial charge in [0.2, 0.25) is 11.8 Å². The molecule has 27 heavy (non-hydrogen) atoms. The summed E-state index contributed by atoms with van der Waals surface area (Å²) in [7, 11) is 2.95. The summed E-state index contributed by atoms with van der Waals surface area (Å²) < 4.78 is 15.3. The predicted molar refractivity (Wildman–Crippen MR) is 95.4 cm³/mol.